The van der Waals surface area contributed by atoms with Gasteiger partial charge < -0.3 is 24.3 Å². The molecule has 0 saturated heterocycles. The van der Waals surface area contributed by atoms with Crippen LogP contribution in [0.15, 0.2) is 42.5 Å². The molecule has 0 aromatic heterocycles. The highest BCUT2D eigenvalue weighted by atomic mass is 16.5. The lowest BCUT2D eigenvalue weighted by atomic mass is 10.1. The van der Waals surface area contributed by atoms with Gasteiger partial charge in [-0.25, -0.2) is 0 Å². The number of hydrogen-bond donors (Lipinski definition) is 1. The largest absolute Gasteiger partial charge is 0.497 e. The molecule has 0 aliphatic heterocycles. The second-order valence-corrected chi connectivity index (χ2v) is 6.03. The Bertz CT molecular complexity index is 730. The van der Waals surface area contributed by atoms with Crippen molar-refractivity contribution in [2.75, 3.05) is 27.9 Å². The molecule has 1 unspecified atom stereocenters. The average Bonchev–Trinajstić information content (AvgIpc) is 2.71. The number of methoxy groups -OCH3 is 3. The van der Waals surface area contributed by atoms with Crippen molar-refractivity contribution < 1.29 is 23.7 Å². The molecule has 2 aromatic carbocycles. The van der Waals surface area contributed by atoms with Gasteiger partial charge in [-0.3, -0.25) is 4.79 Å². The second-order valence-electron chi connectivity index (χ2n) is 6.03. The van der Waals surface area contributed by atoms with E-state index in [1.807, 2.05) is 49.4 Å². The van der Waals surface area contributed by atoms with Crippen molar-refractivity contribution in [2.45, 2.75) is 25.8 Å². The summed E-state index contributed by atoms with van der Waals surface area (Å²) in [6.45, 7) is 2.41. The number of ether oxygens (including phenoxy) is 4. The minimum absolute atomic E-state index is 0.0179. The Morgan fingerprint density at radius 1 is 0.926 bits per heavy atom. The maximum Gasteiger partial charge on any atom is 0.220 e. The average molecular weight is 373 g/mol. The molecular formula is C21H27NO5. The van der Waals surface area contributed by atoms with Gasteiger partial charge in [0, 0.05) is 6.42 Å². The van der Waals surface area contributed by atoms with Crippen LogP contribution >= 0.6 is 0 Å². The molecule has 0 radical (unpaired) electrons. The summed E-state index contributed by atoms with van der Waals surface area (Å²) in [4.78, 5) is 12.2. The number of carbonyl (C=O) groups is 1. The molecule has 27 heavy (non-hydrogen) atoms. The van der Waals surface area contributed by atoms with E-state index in [1.54, 1.807) is 21.3 Å². The van der Waals surface area contributed by atoms with Crippen LogP contribution in [0.1, 0.15) is 31.4 Å². The smallest absolute Gasteiger partial charge is 0.220 e. The Balaban J connectivity index is 1.76. The first kappa shape index (κ1) is 20.4. The first-order valence-electron chi connectivity index (χ1n) is 8.85. The molecule has 1 N–H and O–H groups in total. The fourth-order valence-corrected chi connectivity index (χ4v) is 2.61. The molecule has 0 heterocycles. The zero-order valence-corrected chi connectivity index (χ0v) is 16.3. The van der Waals surface area contributed by atoms with Crippen molar-refractivity contribution in [3.63, 3.8) is 0 Å². The van der Waals surface area contributed by atoms with Crippen LogP contribution < -0.4 is 24.3 Å². The fraction of sp³-hybridized carbons (Fsp3) is 0.381. The van der Waals surface area contributed by atoms with Crippen molar-refractivity contribution in [1.82, 2.24) is 5.32 Å². The van der Waals surface area contributed by atoms with Gasteiger partial charge in [0.25, 0.3) is 0 Å². The Hall–Kier alpha value is -2.89. The van der Waals surface area contributed by atoms with Crippen molar-refractivity contribution in [1.29, 1.82) is 0 Å². The third-order valence-corrected chi connectivity index (χ3v) is 4.16. The monoisotopic (exact) mass is 373 g/mol. The minimum atomic E-state index is -0.125. The van der Waals surface area contributed by atoms with E-state index in [9.17, 15) is 4.79 Å². The maximum absolute atomic E-state index is 12.2. The predicted molar refractivity (Wildman–Crippen MR) is 104 cm³/mol. The fourth-order valence-electron chi connectivity index (χ4n) is 2.61. The Labute approximate surface area is 160 Å². The van der Waals surface area contributed by atoms with Gasteiger partial charge in [-0.1, -0.05) is 6.07 Å². The van der Waals surface area contributed by atoms with Crippen LogP contribution in [0.4, 0.5) is 0 Å². The number of rotatable bonds is 10. The van der Waals surface area contributed by atoms with Gasteiger partial charge in [0.15, 0.2) is 11.5 Å². The van der Waals surface area contributed by atoms with E-state index in [0.717, 1.165) is 17.1 Å². The molecule has 0 aliphatic carbocycles. The Morgan fingerprint density at radius 2 is 1.59 bits per heavy atom. The normalized spacial score (nSPS) is 11.4. The summed E-state index contributed by atoms with van der Waals surface area (Å²) in [7, 11) is 4.81. The van der Waals surface area contributed by atoms with E-state index in [0.29, 0.717) is 30.9 Å². The standard InChI is InChI=1S/C21H27NO5/c1-15(16-7-12-19(25-3)20(14-16)26-4)22-21(23)6-5-13-27-18-10-8-17(24-2)9-11-18/h7-12,14-15H,5-6,13H2,1-4H3,(H,22,23). The molecule has 0 spiro atoms. The van der Waals surface area contributed by atoms with Crippen molar-refractivity contribution in [2.24, 2.45) is 0 Å². The van der Waals surface area contributed by atoms with Gasteiger partial charge in [0.05, 0.1) is 34.0 Å². The third-order valence-electron chi connectivity index (χ3n) is 4.16. The van der Waals surface area contributed by atoms with Gasteiger partial charge in [-0.05, 0) is 55.3 Å². The molecule has 1 atom stereocenters. The highest BCUT2D eigenvalue weighted by molar-refractivity contribution is 5.76. The molecule has 0 aliphatic rings. The van der Waals surface area contributed by atoms with Crippen molar-refractivity contribution >= 4 is 5.91 Å². The SMILES string of the molecule is COc1ccc(OCCCC(=O)NC(C)c2ccc(OC)c(OC)c2)cc1. The van der Waals surface area contributed by atoms with Crippen LogP contribution in [0, 0.1) is 0 Å². The van der Waals surface area contributed by atoms with Crippen LogP contribution in [0.3, 0.4) is 0 Å². The molecule has 1 amide bonds. The predicted octanol–water partition coefficient (Wildman–Crippen LogP) is 3.75. The maximum atomic E-state index is 12.2. The molecule has 0 saturated carbocycles. The topological polar surface area (TPSA) is 66.0 Å². The van der Waals surface area contributed by atoms with Crippen molar-refractivity contribution in [3.8, 4) is 23.0 Å². The lowest BCUT2D eigenvalue weighted by Crippen LogP contribution is -2.26. The van der Waals surface area contributed by atoms with Crippen LogP contribution in [0.2, 0.25) is 0 Å². The van der Waals surface area contributed by atoms with Gasteiger partial charge in [-0.2, -0.15) is 0 Å². The van der Waals surface area contributed by atoms with Crippen molar-refractivity contribution in [3.05, 3.63) is 48.0 Å². The first-order chi connectivity index (χ1) is 13.1. The van der Waals surface area contributed by atoms with E-state index in [1.165, 1.54) is 0 Å². The van der Waals surface area contributed by atoms with E-state index >= 15 is 0 Å². The molecule has 2 aromatic rings. The van der Waals surface area contributed by atoms with Gasteiger partial charge in [0.2, 0.25) is 5.91 Å². The van der Waals surface area contributed by atoms with Crippen LogP contribution in [0.25, 0.3) is 0 Å². The molecule has 146 valence electrons. The number of amides is 1. The molecule has 0 fully saturated rings. The zero-order chi connectivity index (χ0) is 19.6. The quantitative estimate of drug-likeness (QED) is 0.643. The first-order valence-corrected chi connectivity index (χ1v) is 8.85. The number of hydrogen-bond acceptors (Lipinski definition) is 5. The van der Waals surface area contributed by atoms with Gasteiger partial charge >= 0.3 is 0 Å². The lowest BCUT2D eigenvalue weighted by molar-refractivity contribution is -0.121. The molecule has 6 nitrogen and oxygen atoms in total. The van der Waals surface area contributed by atoms with Gasteiger partial charge in [-0.15, -0.1) is 0 Å². The Kier molecular flexibility index (Phi) is 7.79. The van der Waals surface area contributed by atoms with E-state index in [-0.39, 0.29) is 11.9 Å². The third kappa shape index (κ3) is 6.09. The number of nitrogens with one attached hydrogen (secondary N) is 1. The van der Waals surface area contributed by atoms with Crippen LogP contribution in [-0.2, 0) is 4.79 Å². The summed E-state index contributed by atoms with van der Waals surface area (Å²) in [5.41, 5.74) is 0.954. The summed E-state index contributed by atoms with van der Waals surface area (Å²) >= 11 is 0. The van der Waals surface area contributed by atoms with E-state index < -0.39 is 0 Å². The Morgan fingerprint density at radius 3 is 2.22 bits per heavy atom. The number of benzene rings is 2. The molecule has 0 bridgehead atoms. The summed E-state index contributed by atoms with van der Waals surface area (Å²) in [5.74, 6) is 2.83. The number of carbonyl (C=O) groups excluding carboxylic acids is 1. The molecular weight excluding hydrogens is 346 g/mol. The highest BCUT2D eigenvalue weighted by Crippen LogP contribution is 2.29. The van der Waals surface area contributed by atoms with E-state index in [2.05, 4.69) is 5.32 Å². The summed E-state index contributed by atoms with van der Waals surface area (Å²) in [5, 5.41) is 2.99. The summed E-state index contributed by atoms with van der Waals surface area (Å²) < 4.78 is 21.3. The van der Waals surface area contributed by atoms with Crippen LogP contribution in [0.5, 0.6) is 23.0 Å². The lowest BCUT2D eigenvalue weighted by Gasteiger charge is -2.16. The minimum Gasteiger partial charge on any atom is -0.497 e. The molecule has 6 heteroatoms. The van der Waals surface area contributed by atoms with Gasteiger partial charge in [0.1, 0.15) is 11.5 Å². The summed E-state index contributed by atoms with van der Waals surface area (Å²) in [6, 6.07) is 12.9. The van der Waals surface area contributed by atoms with E-state index in [4.69, 9.17) is 18.9 Å². The second kappa shape index (κ2) is 10.3. The highest BCUT2D eigenvalue weighted by Gasteiger charge is 2.12. The zero-order valence-electron chi connectivity index (χ0n) is 16.3. The molecule has 2 rings (SSSR count). The summed E-state index contributed by atoms with van der Waals surface area (Å²) in [6.07, 6.45) is 1.03. The van der Waals surface area contributed by atoms with Crippen LogP contribution in [-0.4, -0.2) is 33.8 Å².